The number of nitrogens with zero attached hydrogens (tertiary/aromatic N) is 3. The van der Waals surface area contributed by atoms with Crippen LogP contribution in [0.5, 0.6) is 0 Å². The van der Waals surface area contributed by atoms with Gasteiger partial charge < -0.3 is 10.6 Å². The molecular weight excluding hydrogens is 399 g/mol. The molecule has 0 spiro atoms. The Kier molecular flexibility index (Phi) is 6.26. The van der Waals surface area contributed by atoms with Crippen LogP contribution in [-0.2, 0) is 9.59 Å². The molecule has 0 saturated carbocycles. The average Bonchev–Trinajstić information content (AvgIpc) is 3.26. The molecule has 2 N–H and O–H groups in total. The smallest absolute Gasteiger partial charge is 0.343 e. The van der Waals surface area contributed by atoms with Gasteiger partial charge in [0, 0.05) is 11.8 Å². The first-order valence-electron chi connectivity index (χ1n) is 8.70. The molecular formula is C20H16F3N5O2. The van der Waals surface area contributed by atoms with Crippen LogP contribution in [0.4, 0.5) is 18.9 Å². The number of benzene rings is 2. The largest absolute Gasteiger partial charge is 0.417 e. The fraction of sp³-hybridized carbons (Fsp3) is 0.100. The van der Waals surface area contributed by atoms with Gasteiger partial charge in [0.2, 0.25) is 11.8 Å². The van der Waals surface area contributed by atoms with Crippen molar-refractivity contribution in [3.8, 4) is 5.69 Å². The van der Waals surface area contributed by atoms with E-state index in [9.17, 15) is 22.8 Å². The summed E-state index contributed by atoms with van der Waals surface area (Å²) in [6, 6.07) is 13.6. The maximum Gasteiger partial charge on any atom is 0.417 e. The number of aromatic nitrogens is 3. The Morgan fingerprint density at radius 3 is 2.33 bits per heavy atom. The van der Waals surface area contributed by atoms with Crippen LogP contribution in [0.15, 0.2) is 73.3 Å². The zero-order valence-electron chi connectivity index (χ0n) is 15.4. The fourth-order valence-corrected chi connectivity index (χ4v) is 2.54. The van der Waals surface area contributed by atoms with Crippen LogP contribution < -0.4 is 10.6 Å². The molecule has 1 aromatic heterocycles. The van der Waals surface area contributed by atoms with Crippen LogP contribution in [-0.4, -0.2) is 39.3 Å². The van der Waals surface area contributed by atoms with Crippen molar-refractivity contribution >= 4 is 23.1 Å². The van der Waals surface area contributed by atoms with Gasteiger partial charge in [-0.25, -0.2) is 9.67 Å². The number of hydrogen-bond acceptors (Lipinski definition) is 4. The quantitative estimate of drug-likeness (QED) is 0.606. The van der Waals surface area contributed by atoms with Gasteiger partial charge in [-0.1, -0.05) is 30.3 Å². The number of anilines is 1. The van der Waals surface area contributed by atoms with Crippen molar-refractivity contribution in [2.24, 2.45) is 0 Å². The molecule has 0 radical (unpaired) electrons. The first-order chi connectivity index (χ1) is 14.3. The van der Waals surface area contributed by atoms with Crippen molar-refractivity contribution < 1.29 is 22.8 Å². The third-order valence-electron chi connectivity index (χ3n) is 3.92. The molecule has 2 aromatic carbocycles. The highest BCUT2D eigenvalue weighted by molar-refractivity contribution is 6.00. The molecule has 0 aliphatic carbocycles. The molecule has 0 unspecified atom stereocenters. The van der Waals surface area contributed by atoms with E-state index in [0.717, 1.165) is 5.69 Å². The fourth-order valence-electron chi connectivity index (χ4n) is 2.54. The van der Waals surface area contributed by atoms with E-state index in [1.807, 2.05) is 0 Å². The van der Waals surface area contributed by atoms with Crippen molar-refractivity contribution in [3.63, 3.8) is 0 Å². The maximum atomic E-state index is 13.2. The topological polar surface area (TPSA) is 88.9 Å². The van der Waals surface area contributed by atoms with Gasteiger partial charge in [-0.15, -0.1) is 0 Å². The number of carbonyl (C=O) groups is 2. The van der Waals surface area contributed by atoms with Gasteiger partial charge in [0.1, 0.15) is 12.7 Å². The minimum Gasteiger partial charge on any atom is -0.343 e. The molecule has 30 heavy (non-hydrogen) atoms. The first kappa shape index (κ1) is 20.8. The van der Waals surface area contributed by atoms with Crippen LogP contribution in [0, 0.1) is 0 Å². The number of hydrogen-bond donors (Lipinski definition) is 2. The highest BCUT2D eigenvalue weighted by Gasteiger charge is 2.35. The molecule has 2 amide bonds. The standard InChI is InChI=1S/C20H16F3N5O2/c21-20(22,23)17(14-4-2-1-3-5-14)10-18(29)25-11-19(30)27-15-6-8-16(9-7-15)28-13-24-12-26-28/h1-10,12-13H,11H2,(H,25,29)(H,27,30)/b17-10+. The molecule has 7 nitrogen and oxygen atoms in total. The first-order valence-corrected chi connectivity index (χ1v) is 8.70. The molecule has 0 bridgehead atoms. The number of halogens is 3. The molecule has 154 valence electrons. The Bertz CT molecular complexity index is 1030. The molecule has 0 atom stereocenters. The van der Waals surface area contributed by atoms with E-state index in [1.165, 1.54) is 41.6 Å². The van der Waals surface area contributed by atoms with E-state index < -0.39 is 30.1 Å². The van der Waals surface area contributed by atoms with E-state index in [-0.39, 0.29) is 5.56 Å². The molecule has 3 rings (SSSR count). The SMILES string of the molecule is O=C(/C=C(\c1ccccc1)C(F)(F)F)NCC(=O)Nc1ccc(-n2cncn2)cc1. The van der Waals surface area contributed by atoms with Crippen molar-refractivity contribution in [2.45, 2.75) is 6.18 Å². The van der Waals surface area contributed by atoms with E-state index in [0.29, 0.717) is 11.8 Å². The number of carbonyl (C=O) groups excluding carboxylic acids is 2. The third-order valence-corrected chi connectivity index (χ3v) is 3.92. The Labute approximate surface area is 169 Å². The van der Waals surface area contributed by atoms with Crippen LogP contribution >= 0.6 is 0 Å². The van der Waals surface area contributed by atoms with Crippen LogP contribution in [0.25, 0.3) is 11.3 Å². The van der Waals surface area contributed by atoms with E-state index in [2.05, 4.69) is 20.7 Å². The van der Waals surface area contributed by atoms with E-state index >= 15 is 0 Å². The molecule has 0 saturated heterocycles. The summed E-state index contributed by atoms with van der Waals surface area (Å²) in [6.45, 7) is -0.486. The lowest BCUT2D eigenvalue weighted by molar-refractivity contribution is -0.121. The predicted octanol–water partition coefficient (Wildman–Crippen LogP) is 2.97. The van der Waals surface area contributed by atoms with Gasteiger partial charge in [0.25, 0.3) is 0 Å². The molecule has 0 aliphatic rings. The number of nitrogens with one attached hydrogen (secondary N) is 2. The van der Waals surface area contributed by atoms with Crippen LogP contribution in [0.1, 0.15) is 5.56 Å². The number of rotatable bonds is 6. The summed E-state index contributed by atoms with van der Waals surface area (Å²) in [7, 11) is 0. The molecule has 10 heteroatoms. The predicted molar refractivity (Wildman–Crippen MR) is 103 cm³/mol. The zero-order chi connectivity index (χ0) is 21.6. The summed E-state index contributed by atoms with van der Waals surface area (Å²) < 4.78 is 41.3. The summed E-state index contributed by atoms with van der Waals surface area (Å²) in [5, 5.41) is 8.68. The number of alkyl halides is 3. The minimum atomic E-state index is -4.72. The van der Waals surface area contributed by atoms with Gasteiger partial charge in [-0.05, 0) is 29.8 Å². The van der Waals surface area contributed by atoms with Crippen molar-refractivity contribution in [3.05, 3.63) is 78.9 Å². The van der Waals surface area contributed by atoms with Gasteiger partial charge >= 0.3 is 6.18 Å². The van der Waals surface area contributed by atoms with Crippen molar-refractivity contribution in [1.82, 2.24) is 20.1 Å². The summed E-state index contributed by atoms with van der Waals surface area (Å²) >= 11 is 0. The second-order valence-electron chi connectivity index (χ2n) is 6.07. The Morgan fingerprint density at radius 2 is 1.73 bits per heavy atom. The highest BCUT2D eigenvalue weighted by atomic mass is 19.4. The average molecular weight is 415 g/mol. The van der Waals surface area contributed by atoms with E-state index in [4.69, 9.17) is 0 Å². The molecule has 0 fully saturated rings. The van der Waals surface area contributed by atoms with Gasteiger partial charge in [-0.2, -0.15) is 18.3 Å². The highest BCUT2D eigenvalue weighted by Crippen LogP contribution is 2.33. The summed E-state index contributed by atoms with van der Waals surface area (Å²) in [5.41, 5.74) is -0.0553. The van der Waals surface area contributed by atoms with Crippen LogP contribution in [0.3, 0.4) is 0 Å². The van der Waals surface area contributed by atoms with E-state index in [1.54, 1.807) is 30.3 Å². The normalized spacial score (nSPS) is 11.8. The van der Waals surface area contributed by atoms with Crippen molar-refractivity contribution in [1.29, 1.82) is 0 Å². The van der Waals surface area contributed by atoms with Gasteiger partial charge in [-0.3, -0.25) is 9.59 Å². The Morgan fingerprint density at radius 1 is 1.03 bits per heavy atom. The molecule has 3 aromatic rings. The van der Waals surface area contributed by atoms with Gasteiger partial charge in [0.15, 0.2) is 0 Å². The second kappa shape index (κ2) is 9.03. The number of amides is 2. The summed E-state index contributed by atoms with van der Waals surface area (Å²) in [6.07, 6.45) is -1.38. The lowest BCUT2D eigenvalue weighted by atomic mass is 10.1. The molecule has 1 heterocycles. The third kappa shape index (κ3) is 5.53. The molecule has 0 aliphatic heterocycles. The van der Waals surface area contributed by atoms with Crippen molar-refractivity contribution in [2.75, 3.05) is 11.9 Å². The second-order valence-corrected chi connectivity index (χ2v) is 6.07. The monoisotopic (exact) mass is 415 g/mol. The summed E-state index contributed by atoms with van der Waals surface area (Å²) in [4.78, 5) is 27.7. The van der Waals surface area contributed by atoms with Gasteiger partial charge in [0.05, 0.1) is 17.8 Å². The zero-order valence-corrected chi connectivity index (χ0v) is 15.4. The Hall–Kier alpha value is -3.95. The van der Waals surface area contributed by atoms with Crippen LogP contribution in [0.2, 0.25) is 0 Å². The Balaban J connectivity index is 1.58. The maximum absolute atomic E-state index is 13.2. The lowest BCUT2D eigenvalue weighted by Gasteiger charge is -2.12. The number of allylic oxidation sites excluding steroid dienone is 1. The summed E-state index contributed by atoms with van der Waals surface area (Å²) in [5.74, 6) is -1.61. The lowest BCUT2D eigenvalue weighted by Crippen LogP contribution is -2.32. The minimum absolute atomic E-state index is 0.142.